The number of carbonyl (C=O) groups excluding carboxylic acids is 1. The van der Waals surface area contributed by atoms with E-state index in [-0.39, 0.29) is 5.91 Å². The minimum absolute atomic E-state index is 0.0259. The average Bonchev–Trinajstić information content (AvgIpc) is 2.67. The molecule has 1 amide bonds. The summed E-state index contributed by atoms with van der Waals surface area (Å²) >= 11 is 1.61. The molecule has 4 heteroatoms. The molecule has 0 saturated heterocycles. The Bertz CT molecular complexity index is 759. The number of carbonyl (C=O) groups is 1. The van der Waals surface area contributed by atoms with Crippen LogP contribution in [0, 0.1) is 5.92 Å². The fourth-order valence-electron chi connectivity index (χ4n) is 3.71. The first-order valence-corrected chi connectivity index (χ1v) is 10.5. The summed E-state index contributed by atoms with van der Waals surface area (Å²) in [4.78, 5) is 16.2. The molecule has 138 valence electrons. The zero-order valence-electron chi connectivity index (χ0n) is 15.9. The first-order valence-electron chi connectivity index (χ1n) is 9.32. The Morgan fingerprint density at radius 3 is 2.54 bits per heavy atom. The van der Waals surface area contributed by atoms with Gasteiger partial charge in [0, 0.05) is 30.6 Å². The normalized spacial score (nSPS) is 15.5. The Balaban J connectivity index is 1.67. The second kappa shape index (κ2) is 8.74. The minimum atomic E-state index is 0.0259. The molecule has 0 spiro atoms. The van der Waals surface area contributed by atoms with Crippen LogP contribution in [0.1, 0.15) is 35.3 Å². The van der Waals surface area contributed by atoms with Crippen molar-refractivity contribution in [1.82, 2.24) is 10.2 Å². The zero-order chi connectivity index (χ0) is 18.5. The maximum Gasteiger partial charge on any atom is 0.252 e. The van der Waals surface area contributed by atoms with Gasteiger partial charge in [0.25, 0.3) is 5.91 Å². The van der Waals surface area contributed by atoms with Crippen LogP contribution in [0.25, 0.3) is 0 Å². The SMILES string of the molecule is CSc1ccccc1C(=O)NCC(C(C)C)N1CCc2ccccc2C1. The molecule has 1 N–H and O–H groups in total. The molecule has 1 aliphatic heterocycles. The van der Waals surface area contributed by atoms with Crippen LogP contribution in [0.3, 0.4) is 0 Å². The van der Waals surface area contributed by atoms with Crippen molar-refractivity contribution in [3.05, 3.63) is 65.2 Å². The molecule has 0 aromatic heterocycles. The van der Waals surface area contributed by atoms with Crippen LogP contribution in [-0.2, 0) is 13.0 Å². The number of nitrogens with zero attached hydrogens (tertiary/aromatic N) is 1. The van der Waals surface area contributed by atoms with E-state index in [1.165, 1.54) is 11.1 Å². The summed E-state index contributed by atoms with van der Waals surface area (Å²) in [7, 11) is 0. The summed E-state index contributed by atoms with van der Waals surface area (Å²) in [5.41, 5.74) is 3.65. The standard InChI is InChI=1S/C22H28N2OS/c1-16(2)20(24-13-12-17-8-4-5-9-18(17)15-24)14-23-22(25)19-10-6-7-11-21(19)26-3/h4-11,16,20H,12-15H2,1-3H3,(H,23,25). The van der Waals surface area contributed by atoms with E-state index in [4.69, 9.17) is 0 Å². The van der Waals surface area contributed by atoms with Gasteiger partial charge in [0.15, 0.2) is 0 Å². The van der Waals surface area contributed by atoms with Gasteiger partial charge in [0.1, 0.15) is 0 Å². The van der Waals surface area contributed by atoms with Crippen LogP contribution in [0.5, 0.6) is 0 Å². The third-order valence-electron chi connectivity index (χ3n) is 5.22. The van der Waals surface area contributed by atoms with Crippen molar-refractivity contribution >= 4 is 17.7 Å². The van der Waals surface area contributed by atoms with Gasteiger partial charge in [0.05, 0.1) is 5.56 Å². The molecule has 1 heterocycles. The minimum Gasteiger partial charge on any atom is -0.350 e. The van der Waals surface area contributed by atoms with Crippen molar-refractivity contribution in [1.29, 1.82) is 0 Å². The van der Waals surface area contributed by atoms with Crippen LogP contribution >= 0.6 is 11.8 Å². The number of nitrogens with one attached hydrogen (secondary N) is 1. The number of thioether (sulfide) groups is 1. The van der Waals surface area contributed by atoms with Gasteiger partial charge in [-0.05, 0) is 41.9 Å². The molecule has 0 radical (unpaired) electrons. The summed E-state index contributed by atoms with van der Waals surface area (Å²) in [5, 5.41) is 3.18. The van der Waals surface area contributed by atoms with Crippen molar-refractivity contribution in [3.63, 3.8) is 0 Å². The van der Waals surface area contributed by atoms with Crippen molar-refractivity contribution in [2.24, 2.45) is 5.92 Å². The first kappa shape index (κ1) is 19.0. The van der Waals surface area contributed by atoms with Crippen LogP contribution in [-0.4, -0.2) is 36.2 Å². The van der Waals surface area contributed by atoms with Crippen LogP contribution in [0.4, 0.5) is 0 Å². The summed E-state index contributed by atoms with van der Waals surface area (Å²) < 4.78 is 0. The van der Waals surface area contributed by atoms with E-state index >= 15 is 0 Å². The lowest BCUT2D eigenvalue weighted by Crippen LogP contribution is -2.48. The van der Waals surface area contributed by atoms with Gasteiger partial charge >= 0.3 is 0 Å². The molecule has 3 rings (SSSR count). The highest BCUT2D eigenvalue weighted by Crippen LogP contribution is 2.23. The molecule has 0 saturated carbocycles. The second-order valence-corrected chi connectivity index (χ2v) is 8.06. The maximum absolute atomic E-state index is 12.7. The van der Waals surface area contributed by atoms with Crippen LogP contribution in [0.2, 0.25) is 0 Å². The molecule has 0 bridgehead atoms. The third kappa shape index (κ3) is 4.30. The number of fused-ring (bicyclic) bond motifs is 1. The van der Waals surface area contributed by atoms with E-state index in [0.717, 1.165) is 30.0 Å². The predicted molar refractivity (Wildman–Crippen MR) is 110 cm³/mol. The maximum atomic E-state index is 12.7. The lowest BCUT2D eigenvalue weighted by atomic mass is 9.95. The molecular formula is C22H28N2OS. The fourth-order valence-corrected chi connectivity index (χ4v) is 4.31. The van der Waals surface area contributed by atoms with Crippen molar-refractivity contribution in [3.8, 4) is 0 Å². The van der Waals surface area contributed by atoms with Gasteiger partial charge in [-0.15, -0.1) is 11.8 Å². The summed E-state index contributed by atoms with van der Waals surface area (Å²) in [5.74, 6) is 0.509. The Labute approximate surface area is 161 Å². The van der Waals surface area contributed by atoms with Crippen LogP contribution in [0.15, 0.2) is 53.4 Å². The van der Waals surface area contributed by atoms with Crippen LogP contribution < -0.4 is 5.32 Å². The van der Waals surface area contributed by atoms with E-state index < -0.39 is 0 Å². The highest BCUT2D eigenvalue weighted by Gasteiger charge is 2.26. The number of hydrogen-bond donors (Lipinski definition) is 1. The lowest BCUT2D eigenvalue weighted by molar-refractivity contribution is 0.0901. The van der Waals surface area contributed by atoms with Gasteiger partial charge < -0.3 is 5.32 Å². The quantitative estimate of drug-likeness (QED) is 0.775. The van der Waals surface area contributed by atoms with Crippen molar-refractivity contribution < 1.29 is 4.79 Å². The molecule has 1 aliphatic rings. The summed E-state index contributed by atoms with van der Waals surface area (Å²) in [6.07, 6.45) is 3.09. The largest absolute Gasteiger partial charge is 0.350 e. The van der Waals surface area contributed by atoms with E-state index in [9.17, 15) is 4.79 Å². The smallest absolute Gasteiger partial charge is 0.252 e. The number of hydrogen-bond acceptors (Lipinski definition) is 3. The molecule has 0 fully saturated rings. The monoisotopic (exact) mass is 368 g/mol. The van der Waals surface area contributed by atoms with E-state index in [0.29, 0.717) is 18.5 Å². The molecule has 2 aromatic rings. The Morgan fingerprint density at radius 2 is 1.81 bits per heavy atom. The van der Waals surface area contributed by atoms with Gasteiger partial charge in [-0.25, -0.2) is 0 Å². The fraction of sp³-hybridized carbons (Fsp3) is 0.409. The zero-order valence-corrected chi connectivity index (χ0v) is 16.7. The van der Waals surface area contributed by atoms with Gasteiger partial charge in [0.2, 0.25) is 0 Å². The molecule has 1 unspecified atom stereocenters. The van der Waals surface area contributed by atoms with E-state index in [1.54, 1.807) is 11.8 Å². The molecule has 26 heavy (non-hydrogen) atoms. The van der Waals surface area contributed by atoms with Crippen molar-refractivity contribution in [2.75, 3.05) is 19.3 Å². The van der Waals surface area contributed by atoms with E-state index in [2.05, 4.69) is 48.3 Å². The predicted octanol–water partition coefficient (Wildman–Crippen LogP) is 4.22. The molecule has 1 atom stereocenters. The highest BCUT2D eigenvalue weighted by atomic mass is 32.2. The number of rotatable bonds is 6. The Morgan fingerprint density at radius 1 is 1.12 bits per heavy atom. The molecular weight excluding hydrogens is 340 g/mol. The number of amides is 1. The molecule has 0 aliphatic carbocycles. The highest BCUT2D eigenvalue weighted by molar-refractivity contribution is 7.98. The third-order valence-corrected chi connectivity index (χ3v) is 6.02. The van der Waals surface area contributed by atoms with Gasteiger partial charge in [-0.3, -0.25) is 9.69 Å². The Hall–Kier alpha value is -1.78. The summed E-state index contributed by atoms with van der Waals surface area (Å²) in [6, 6.07) is 16.9. The Kier molecular flexibility index (Phi) is 6.38. The number of benzene rings is 2. The molecule has 3 nitrogen and oxygen atoms in total. The lowest BCUT2D eigenvalue weighted by Gasteiger charge is -2.38. The topological polar surface area (TPSA) is 32.3 Å². The molecule has 2 aromatic carbocycles. The average molecular weight is 369 g/mol. The van der Waals surface area contributed by atoms with Gasteiger partial charge in [-0.1, -0.05) is 50.2 Å². The van der Waals surface area contributed by atoms with Crippen molar-refractivity contribution in [2.45, 2.75) is 37.8 Å². The van der Waals surface area contributed by atoms with Gasteiger partial charge in [-0.2, -0.15) is 0 Å². The first-order chi connectivity index (χ1) is 12.6. The second-order valence-electron chi connectivity index (χ2n) is 7.21. The summed E-state index contributed by atoms with van der Waals surface area (Å²) in [6.45, 7) is 7.19. The van der Waals surface area contributed by atoms with E-state index in [1.807, 2.05) is 30.5 Å².